The highest BCUT2D eigenvalue weighted by Crippen LogP contribution is 2.22. The van der Waals surface area contributed by atoms with E-state index in [4.69, 9.17) is 5.73 Å². The normalized spacial score (nSPS) is 12.4. The molecule has 0 fully saturated rings. The van der Waals surface area contributed by atoms with Crippen LogP contribution in [0.3, 0.4) is 0 Å². The number of aryl methyl sites for hydroxylation is 1. The molecule has 0 aliphatic heterocycles. The lowest BCUT2D eigenvalue weighted by Crippen LogP contribution is -2.16. The second kappa shape index (κ2) is 5.23. The van der Waals surface area contributed by atoms with E-state index in [1.165, 1.54) is 6.92 Å². The zero-order chi connectivity index (χ0) is 13.1. The first-order valence-corrected chi connectivity index (χ1v) is 5.68. The number of halogens is 2. The maximum absolute atomic E-state index is 13.7. The lowest BCUT2D eigenvalue weighted by atomic mass is 9.98. The van der Waals surface area contributed by atoms with E-state index in [0.29, 0.717) is 6.42 Å². The summed E-state index contributed by atoms with van der Waals surface area (Å²) < 4.78 is 27.2. The molecule has 0 amide bonds. The molecular weight excluding hydrogens is 234 g/mol. The molecule has 4 heteroatoms. The summed E-state index contributed by atoms with van der Waals surface area (Å²) in [6, 6.07) is 6.13. The summed E-state index contributed by atoms with van der Waals surface area (Å²) in [7, 11) is 0. The number of nitrogens with zero attached hydrogens (tertiary/aromatic N) is 1. The molecule has 2 nitrogen and oxygen atoms in total. The van der Waals surface area contributed by atoms with Gasteiger partial charge in [-0.25, -0.2) is 8.78 Å². The minimum atomic E-state index is -0.850. The highest BCUT2D eigenvalue weighted by Gasteiger charge is 2.16. The van der Waals surface area contributed by atoms with E-state index in [9.17, 15) is 8.78 Å². The molecule has 0 bridgehead atoms. The van der Waals surface area contributed by atoms with E-state index < -0.39 is 17.7 Å². The summed E-state index contributed by atoms with van der Waals surface area (Å²) >= 11 is 0. The Kier molecular flexibility index (Phi) is 3.67. The van der Waals surface area contributed by atoms with Crippen molar-refractivity contribution in [3.8, 4) is 0 Å². The minimum absolute atomic E-state index is 0.204. The van der Waals surface area contributed by atoms with Gasteiger partial charge in [0.05, 0.1) is 0 Å². The van der Waals surface area contributed by atoms with Gasteiger partial charge in [0.1, 0.15) is 0 Å². The van der Waals surface area contributed by atoms with Crippen LogP contribution in [-0.2, 0) is 6.42 Å². The van der Waals surface area contributed by atoms with Crippen molar-refractivity contribution in [3.05, 3.63) is 65.0 Å². The van der Waals surface area contributed by atoms with Gasteiger partial charge in [-0.1, -0.05) is 12.1 Å². The average molecular weight is 248 g/mol. The fourth-order valence-electron chi connectivity index (χ4n) is 1.83. The highest BCUT2D eigenvalue weighted by atomic mass is 19.2. The number of aromatic nitrogens is 1. The second-order valence-electron chi connectivity index (χ2n) is 4.27. The molecule has 0 aliphatic carbocycles. The molecule has 1 heterocycles. The van der Waals surface area contributed by atoms with Crippen LogP contribution < -0.4 is 5.73 Å². The summed E-state index contributed by atoms with van der Waals surface area (Å²) in [6.45, 7) is 1.52. The van der Waals surface area contributed by atoms with E-state index >= 15 is 0 Å². The van der Waals surface area contributed by atoms with Crippen molar-refractivity contribution >= 4 is 0 Å². The van der Waals surface area contributed by atoms with Gasteiger partial charge >= 0.3 is 0 Å². The van der Waals surface area contributed by atoms with Crippen LogP contribution in [0.15, 0.2) is 36.7 Å². The summed E-state index contributed by atoms with van der Waals surface area (Å²) in [6.07, 6.45) is 3.74. The zero-order valence-corrected chi connectivity index (χ0v) is 10.0. The van der Waals surface area contributed by atoms with Crippen LogP contribution in [0, 0.1) is 18.6 Å². The Hall–Kier alpha value is -1.81. The lowest BCUT2D eigenvalue weighted by Gasteiger charge is -2.14. The van der Waals surface area contributed by atoms with E-state index in [1.807, 2.05) is 12.1 Å². The first kappa shape index (κ1) is 12.6. The Morgan fingerprint density at radius 3 is 2.44 bits per heavy atom. The number of pyridine rings is 1. The first-order chi connectivity index (χ1) is 8.59. The predicted molar refractivity (Wildman–Crippen MR) is 66.0 cm³/mol. The van der Waals surface area contributed by atoms with Crippen molar-refractivity contribution in [1.29, 1.82) is 0 Å². The fourth-order valence-corrected chi connectivity index (χ4v) is 1.83. The quantitative estimate of drug-likeness (QED) is 0.907. The third-order valence-electron chi connectivity index (χ3n) is 2.91. The highest BCUT2D eigenvalue weighted by molar-refractivity contribution is 5.29. The fraction of sp³-hybridized carbons (Fsp3) is 0.214. The van der Waals surface area contributed by atoms with Crippen LogP contribution in [0.1, 0.15) is 22.7 Å². The van der Waals surface area contributed by atoms with E-state index in [0.717, 1.165) is 5.56 Å². The molecule has 1 aromatic carbocycles. The Balaban J connectivity index is 2.24. The standard InChI is InChI=1S/C14H14F2N2/c1-9-2-3-11(14(16)13(9)15)12(17)8-10-4-6-18-7-5-10/h2-7,12H,8,17H2,1H3. The molecule has 1 unspecified atom stereocenters. The van der Waals surface area contributed by atoms with Crippen LogP contribution >= 0.6 is 0 Å². The number of nitrogens with two attached hydrogens (primary N) is 1. The van der Waals surface area contributed by atoms with E-state index in [-0.39, 0.29) is 11.1 Å². The van der Waals surface area contributed by atoms with Gasteiger partial charge in [-0.15, -0.1) is 0 Å². The monoisotopic (exact) mass is 248 g/mol. The first-order valence-electron chi connectivity index (χ1n) is 5.68. The number of hydrogen-bond acceptors (Lipinski definition) is 2. The molecular formula is C14H14F2N2. The van der Waals surface area contributed by atoms with Crippen molar-refractivity contribution in [2.24, 2.45) is 5.73 Å². The van der Waals surface area contributed by atoms with Crippen molar-refractivity contribution in [3.63, 3.8) is 0 Å². The zero-order valence-electron chi connectivity index (χ0n) is 10.0. The van der Waals surface area contributed by atoms with Crippen LogP contribution in [0.4, 0.5) is 8.78 Å². The molecule has 0 spiro atoms. The van der Waals surface area contributed by atoms with Gasteiger partial charge in [0.25, 0.3) is 0 Å². The van der Waals surface area contributed by atoms with Gasteiger partial charge < -0.3 is 5.73 Å². The average Bonchev–Trinajstić information content (AvgIpc) is 2.37. The van der Waals surface area contributed by atoms with Crippen LogP contribution in [0.2, 0.25) is 0 Å². The van der Waals surface area contributed by atoms with Crippen molar-refractivity contribution in [1.82, 2.24) is 4.98 Å². The predicted octanol–water partition coefficient (Wildman–Crippen LogP) is 2.91. The third-order valence-corrected chi connectivity index (χ3v) is 2.91. The molecule has 1 aromatic heterocycles. The van der Waals surface area contributed by atoms with Gasteiger partial charge in [-0.05, 0) is 36.6 Å². The van der Waals surface area contributed by atoms with Crippen LogP contribution in [-0.4, -0.2) is 4.98 Å². The largest absolute Gasteiger partial charge is 0.324 e. The maximum Gasteiger partial charge on any atom is 0.163 e. The maximum atomic E-state index is 13.7. The summed E-state index contributed by atoms with van der Waals surface area (Å²) in [4.78, 5) is 3.89. The van der Waals surface area contributed by atoms with E-state index in [2.05, 4.69) is 4.98 Å². The van der Waals surface area contributed by atoms with Gasteiger partial charge in [-0.3, -0.25) is 4.98 Å². The van der Waals surface area contributed by atoms with E-state index in [1.54, 1.807) is 24.5 Å². The molecule has 2 rings (SSSR count). The molecule has 0 saturated carbocycles. The molecule has 2 N–H and O–H groups in total. The second-order valence-corrected chi connectivity index (χ2v) is 4.27. The minimum Gasteiger partial charge on any atom is -0.324 e. The van der Waals surface area contributed by atoms with Crippen LogP contribution in [0.25, 0.3) is 0 Å². The number of hydrogen-bond donors (Lipinski definition) is 1. The Morgan fingerprint density at radius 2 is 1.78 bits per heavy atom. The molecule has 18 heavy (non-hydrogen) atoms. The van der Waals surface area contributed by atoms with Gasteiger partial charge in [-0.2, -0.15) is 0 Å². The van der Waals surface area contributed by atoms with Crippen molar-refractivity contribution in [2.45, 2.75) is 19.4 Å². The van der Waals surface area contributed by atoms with Crippen molar-refractivity contribution in [2.75, 3.05) is 0 Å². The van der Waals surface area contributed by atoms with Gasteiger partial charge in [0.2, 0.25) is 0 Å². The smallest absolute Gasteiger partial charge is 0.163 e. The lowest BCUT2D eigenvalue weighted by molar-refractivity contribution is 0.483. The number of rotatable bonds is 3. The molecule has 0 radical (unpaired) electrons. The van der Waals surface area contributed by atoms with Gasteiger partial charge in [0.15, 0.2) is 11.6 Å². The SMILES string of the molecule is Cc1ccc(C(N)Cc2ccncc2)c(F)c1F. The summed E-state index contributed by atoms with van der Waals surface area (Å²) in [5, 5.41) is 0. The Bertz CT molecular complexity index is 541. The van der Waals surface area contributed by atoms with Crippen molar-refractivity contribution < 1.29 is 8.78 Å². The topological polar surface area (TPSA) is 38.9 Å². The van der Waals surface area contributed by atoms with Gasteiger partial charge in [0, 0.05) is 24.0 Å². The van der Waals surface area contributed by atoms with Crippen LogP contribution in [0.5, 0.6) is 0 Å². The molecule has 94 valence electrons. The molecule has 1 atom stereocenters. The Labute approximate surface area is 104 Å². The molecule has 0 saturated heterocycles. The third kappa shape index (κ3) is 2.54. The number of benzene rings is 1. The summed E-state index contributed by atoms with van der Waals surface area (Å²) in [5.41, 5.74) is 7.35. The molecule has 2 aromatic rings. The summed E-state index contributed by atoms with van der Waals surface area (Å²) in [5.74, 6) is -1.67. The Morgan fingerprint density at radius 1 is 1.11 bits per heavy atom. The molecule has 0 aliphatic rings.